The molecule has 0 spiro atoms. The molecule has 1 saturated heterocycles. The summed E-state index contributed by atoms with van der Waals surface area (Å²) in [5.74, 6) is -1.02. The summed E-state index contributed by atoms with van der Waals surface area (Å²) >= 11 is 0. The zero-order chi connectivity index (χ0) is 23.3. The molecule has 2 aromatic rings. The summed E-state index contributed by atoms with van der Waals surface area (Å²) in [5.41, 5.74) is 0.302. The first-order valence-corrected chi connectivity index (χ1v) is 10.5. The quantitative estimate of drug-likeness (QED) is 0.669. The fourth-order valence-electron chi connectivity index (χ4n) is 3.72. The molecule has 8 heteroatoms. The van der Waals surface area contributed by atoms with Gasteiger partial charge in [0, 0.05) is 37.5 Å². The van der Waals surface area contributed by atoms with Gasteiger partial charge in [-0.3, -0.25) is 14.4 Å². The lowest BCUT2D eigenvalue weighted by Crippen LogP contribution is -2.46. The van der Waals surface area contributed by atoms with Crippen molar-refractivity contribution >= 4 is 17.6 Å². The molecule has 0 aliphatic carbocycles. The third kappa shape index (κ3) is 5.96. The third-order valence-electron chi connectivity index (χ3n) is 5.56. The molecule has 3 rings (SSSR count). The molecule has 1 fully saturated rings. The number of alkyl halides is 3. The van der Waals surface area contributed by atoms with Crippen LogP contribution in [0.2, 0.25) is 0 Å². The summed E-state index contributed by atoms with van der Waals surface area (Å²) < 4.78 is 39.6. The molecule has 2 aromatic carbocycles. The topological polar surface area (TPSA) is 66.5 Å². The summed E-state index contributed by atoms with van der Waals surface area (Å²) in [6, 6.07) is 11.7. The number of hydrogen-bond acceptors (Lipinski definition) is 3. The van der Waals surface area contributed by atoms with Crippen molar-refractivity contribution in [3.8, 4) is 0 Å². The smallest absolute Gasteiger partial charge is 0.353 e. The van der Waals surface area contributed by atoms with E-state index >= 15 is 0 Å². The summed E-state index contributed by atoms with van der Waals surface area (Å²) in [5, 5.41) is 2.86. The second-order valence-electron chi connectivity index (χ2n) is 7.97. The number of nitrogens with zero attached hydrogens (tertiary/aromatic N) is 1. The van der Waals surface area contributed by atoms with Crippen LogP contribution in [-0.2, 0) is 11.0 Å². The van der Waals surface area contributed by atoms with Gasteiger partial charge in [0.15, 0.2) is 5.78 Å². The largest absolute Gasteiger partial charge is 0.417 e. The predicted octanol–water partition coefficient (Wildman–Crippen LogP) is 4.40. The molecule has 0 aromatic heterocycles. The highest BCUT2D eigenvalue weighted by Crippen LogP contribution is 2.32. The number of carbonyl (C=O) groups is 3. The van der Waals surface area contributed by atoms with Crippen LogP contribution in [0.4, 0.5) is 13.2 Å². The molecule has 170 valence electrons. The number of Topliss-reactive ketones (excluding diaryl/α,β-unsaturated/α-hetero) is 1. The molecular formula is C24H25F3N2O3. The summed E-state index contributed by atoms with van der Waals surface area (Å²) in [7, 11) is 0. The first kappa shape index (κ1) is 23.5. The van der Waals surface area contributed by atoms with Crippen LogP contribution in [0.3, 0.4) is 0 Å². The molecule has 1 heterocycles. The highest BCUT2D eigenvalue weighted by atomic mass is 19.4. The molecule has 1 aliphatic rings. The molecule has 0 radical (unpaired) electrons. The van der Waals surface area contributed by atoms with Crippen LogP contribution in [0.5, 0.6) is 0 Å². The number of piperidine rings is 1. The Kier molecular flexibility index (Phi) is 7.33. The highest BCUT2D eigenvalue weighted by molar-refractivity contribution is 5.98. The van der Waals surface area contributed by atoms with Gasteiger partial charge >= 0.3 is 6.18 Å². The van der Waals surface area contributed by atoms with E-state index in [2.05, 4.69) is 5.32 Å². The number of nitrogens with one attached hydrogen (secondary N) is 1. The Bertz CT molecular complexity index is 979. The van der Waals surface area contributed by atoms with E-state index in [1.807, 2.05) is 19.1 Å². The second kappa shape index (κ2) is 9.97. The number of amides is 2. The first-order chi connectivity index (χ1) is 15.1. The molecule has 2 amide bonds. The van der Waals surface area contributed by atoms with Gasteiger partial charge in [-0.05, 0) is 31.9 Å². The Morgan fingerprint density at radius 2 is 1.59 bits per heavy atom. The molecular weight excluding hydrogens is 421 g/mol. The highest BCUT2D eigenvalue weighted by Gasteiger charge is 2.36. The van der Waals surface area contributed by atoms with Crippen molar-refractivity contribution in [2.24, 2.45) is 0 Å². The molecule has 32 heavy (non-hydrogen) atoms. The van der Waals surface area contributed by atoms with Crippen LogP contribution in [0.1, 0.15) is 57.5 Å². The van der Waals surface area contributed by atoms with E-state index < -0.39 is 17.6 Å². The average Bonchev–Trinajstić information content (AvgIpc) is 2.77. The maximum absolute atomic E-state index is 13.2. The van der Waals surface area contributed by atoms with Crippen LogP contribution in [0.15, 0.2) is 48.5 Å². The number of aryl methyl sites for hydroxylation is 1. The number of likely N-dealkylation sites (tertiary alicyclic amines) is 1. The van der Waals surface area contributed by atoms with Crippen molar-refractivity contribution in [3.63, 3.8) is 0 Å². The van der Waals surface area contributed by atoms with Crippen molar-refractivity contribution in [1.82, 2.24) is 10.2 Å². The Balaban J connectivity index is 1.48. The number of hydrogen-bond donors (Lipinski definition) is 1. The average molecular weight is 446 g/mol. The normalized spacial score (nSPS) is 14.8. The van der Waals surface area contributed by atoms with Gasteiger partial charge in [-0.25, -0.2) is 0 Å². The van der Waals surface area contributed by atoms with Gasteiger partial charge in [-0.15, -0.1) is 0 Å². The fourth-order valence-corrected chi connectivity index (χ4v) is 3.72. The van der Waals surface area contributed by atoms with Crippen LogP contribution in [0, 0.1) is 6.92 Å². The standard InChI is InChI=1S/C24H25F3N2O3/c1-16-6-8-17(9-7-16)21(30)10-11-22(31)28-18-12-14-29(15-13-18)23(32)19-4-2-3-5-20(19)24(25,26)27/h2-9,18H,10-15H2,1H3,(H,28,31). The van der Waals surface area contributed by atoms with Crippen molar-refractivity contribution in [2.75, 3.05) is 13.1 Å². The fraction of sp³-hybridized carbons (Fsp3) is 0.375. The summed E-state index contributed by atoms with van der Waals surface area (Å²) in [6.07, 6.45) is -3.56. The predicted molar refractivity (Wildman–Crippen MR) is 113 cm³/mol. The number of halogens is 3. The van der Waals surface area contributed by atoms with E-state index in [4.69, 9.17) is 0 Å². The van der Waals surface area contributed by atoms with E-state index in [-0.39, 0.29) is 49.2 Å². The Morgan fingerprint density at radius 1 is 0.969 bits per heavy atom. The van der Waals surface area contributed by atoms with Crippen molar-refractivity contribution in [1.29, 1.82) is 0 Å². The van der Waals surface area contributed by atoms with Gasteiger partial charge in [0.05, 0.1) is 11.1 Å². The SMILES string of the molecule is Cc1ccc(C(=O)CCC(=O)NC2CCN(C(=O)c3ccccc3C(F)(F)F)CC2)cc1. The lowest BCUT2D eigenvalue weighted by atomic mass is 10.0. The monoisotopic (exact) mass is 446 g/mol. The van der Waals surface area contributed by atoms with Crippen LogP contribution in [0.25, 0.3) is 0 Å². The minimum absolute atomic E-state index is 0.0603. The molecule has 5 nitrogen and oxygen atoms in total. The number of ketones is 1. The zero-order valence-corrected chi connectivity index (χ0v) is 17.7. The molecule has 0 unspecified atom stereocenters. The maximum Gasteiger partial charge on any atom is 0.417 e. The number of benzene rings is 2. The van der Waals surface area contributed by atoms with Gasteiger partial charge in [0.25, 0.3) is 5.91 Å². The molecule has 0 saturated carbocycles. The van der Waals surface area contributed by atoms with Crippen LogP contribution >= 0.6 is 0 Å². The van der Waals surface area contributed by atoms with E-state index in [0.29, 0.717) is 18.4 Å². The van der Waals surface area contributed by atoms with Gasteiger partial charge in [-0.2, -0.15) is 13.2 Å². The number of carbonyl (C=O) groups excluding carboxylic acids is 3. The van der Waals surface area contributed by atoms with Gasteiger partial charge < -0.3 is 10.2 Å². The first-order valence-electron chi connectivity index (χ1n) is 10.5. The molecule has 1 N–H and O–H groups in total. The Morgan fingerprint density at radius 3 is 2.22 bits per heavy atom. The third-order valence-corrected chi connectivity index (χ3v) is 5.56. The Hall–Kier alpha value is -3.16. The molecule has 0 atom stereocenters. The van der Waals surface area contributed by atoms with E-state index in [1.165, 1.54) is 23.1 Å². The Labute approximate surface area is 184 Å². The van der Waals surface area contributed by atoms with E-state index in [0.717, 1.165) is 11.6 Å². The maximum atomic E-state index is 13.2. The summed E-state index contributed by atoms with van der Waals surface area (Å²) in [6.45, 7) is 2.42. The lowest BCUT2D eigenvalue weighted by molar-refractivity contribution is -0.138. The van der Waals surface area contributed by atoms with Crippen LogP contribution < -0.4 is 5.32 Å². The van der Waals surface area contributed by atoms with Crippen molar-refractivity contribution < 1.29 is 27.6 Å². The van der Waals surface area contributed by atoms with Crippen molar-refractivity contribution in [3.05, 3.63) is 70.8 Å². The van der Waals surface area contributed by atoms with Gasteiger partial charge in [0.1, 0.15) is 0 Å². The zero-order valence-electron chi connectivity index (χ0n) is 17.7. The van der Waals surface area contributed by atoms with E-state index in [9.17, 15) is 27.6 Å². The number of rotatable bonds is 6. The van der Waals surface area contributed by atoms with Gasteiger partial charge in [-0.1, -0.05) is 42.0 Å². The molecule has 0 bridgehead atoms. The lowest BCUT2D eigenvalue weighted by Gasteiger charge is -2.33. The van der Waals surface area contributed by atoms with Crippen molar-refractivity contribution in [2.45, 2.75) is 44.8 Å². The van der Waals surface area contributed by atoms with E-state index in [1.54, 1.807) is 12.1 Å². The van der Waals surface area contributed by atoms with Gasteiger partial charge in [0.2, 0.25) is 5.91 Å². The molecule has 1 aliphatic heterocycles. The summed E-state index contributed by atoms with van der Waals surface area (Å²) in [4.78, 5) is 38.4. The van der Waals surface area contributed by atoms with Crippen LogP contribution in [-0.4, -0.2) is 41.6 Å². The minimum atomic E-state index is -4.60. The minimum Gasteiger partial charge on any atom is -0.353 e. The second-order valence-corrected chi connectivity index (χ2v) is 7.97.